The first-order valence-corrected chi connectivity index (χ1v) is 9.76. The van der Waals surface area contributed by atoms with Gasteiger partial charge in [-0.3, -0.25) is 4.79 Å². The van der Waals surface area contributed by atoms with Crippen LogP contribution in [0.2, 0.25) is 0 Å². The maximum Gasteiger partial charge on any atom is 0.266 e. The number of aromatic amines is 1. The monoisotopic (exact) mass is 369 g/mol. The molecule has 0 spiro atoms. The summed E-state index contributed by atoms with van der Waals surface area (Å²) in [5.74, 6) is 0. The molecule has 2 heterocycles. The van der Waals surface area contributed by atoms with Gasteiger partial charge in [0.1, 0.15) is 11.6 Å². The van der Waals surface area contributed by atoms with Crippen molar-refractivity contribution in [1.29, 1.82) is 5.26 Å². The van der Waals surface area contributed by atoms with Crippen LogP contribution in [0.5, 0.6) is 0 Å². The van der Waals surface area contributed by atoms with Crippen LogP contribution in [0.1, 0.15) is 26.3 Å². The molecule has 3 rings (SSSR count). The molecule has 0 unspecified atom stereocenters. The van der Waals surface area contributed by atoms with Crippen LogP contribution in [-0.4, -0.2) is 47.6 Å². The lowest BCUT2D eigenvalue weighted by Gasteiger charge is -2.24. The maximum absolute atomic E-state index is 11.9. The van der Waals surface area contributed by atoms with Gasteiger partial charge in [-0.1, -0.05) is 25.2 Å². The van der Waals surface area contributed by atoms with Gasteiger partial charge >= 0.3 is 0 Å². The van der Waals surface area contributed by atoms with Crippen LogP contribution >= 0.6 is 11.3 Å². The summed E-state index contributed by atoms with van der Waals surface area (Å²) in [5.41, 5.74) is 1.32. The third-order valence-electron chi connectivity index (χ3n) is 4.72. The van der Waals surface area contributed by atoms with Crippen LogP contribution in [0.15, 0.2) is 23.0 Å². The van der Waals surface area contributed by atoms with Crippen molar-refractivity contribution in [1.82, 2.24) is 14.9 Å². The van der Waals surface area contributed by atoms with Gasteiger partial charge in [0.15, 0.2) is 5.13 Å². The third-order valence-corrected chi connectivity index (χ3v) is 5.80. The standard InChI is InChI=1S/C19H23N5OS/c1-4-23(5-2)9-10-24(6-3)19-22-17-14-11-13(12-20)18(25)21-15(14)7-8-16(17)26-19/h7-8,11H,4-6,9-10H2,1-3H3,(H,21,25). The van der Waals surface area contributed by atoms with Crippen LogP contribution in [-0.2, 0) is 0 Å². The molecule has 0 aliphatic heterocycles. The van der Waals surface area contributed by atoms with E-state index in [4.69, 9.17) is 10.2 Å². The average Bonchev–Trinajstić information content (AvgIpc) is 3.09. The highest BCUT2D eigenvalue weighted by Gasteiger charge is 2.14. The average molecular weight is 369 g/mol. The molecule has 0 aliphatic carbocycles. The van der Waals surface area contributed by atoms with Crippen molar-refractivity contribution in [3.05, 3.63) is 34.1 Å². The summed E-state index contributed by atoms with van der Waals surface area (Å²) in [5, 5.41) is 10.9. The number of rotatable bonds is 7. The number of thiazole rings is 1. The van der Waals surface area contributed by atoms with Crippen molar-refractivity contribution in [3.8, 4) is 6.07 Å². The number of pyridine rings is 1. The smallest absolute Gasteiger partial charge is 0.266 e. The molecule has 0 atom stereocenters. The quantitative estimate of drug-likeness (QED) is 0.692. The van der Waals surface area contributed by atoms with Crippen molar-refractivity contribution < 1.29 is 0 Å². The number of benzene rings is 1. The Labute approximate surface area is 156 Å². The van der Waals surface area contributed by atoms with E-state index in [2.05, 4.69) is 35.6 Å². The van der Waals surface area contributed by atoms with E-state index in [0.717, 1.165) is 53.5 Å². The Bertz CT molecular complexity index is 1010. The first-order chi connectivity index (χ1) is 12.6. The van der Waals surface area contributed by atoms with E-state index in [0.29, 0.717) is 5.52 Å². The Morgan fingerprint density at radius 1 is 1.19 bits per heavy atom. The number of anilines is 1. The van der Waals surface area contributed by atoms with Gasteiger partial charge in [-0.2, -0.15) is 5.26 Å². The molecule has 1 N–H and O–H groups in total. The van der Waals surface area contributed by atoms with Crippen LogP contribution in [0, 0.1) is 11.3 Å². The van der Waals surface area contributed by atoms with Crippen molar-refractivity contribution in [2.45, 2.75) is 20.8 Å². The van der Waals surface area contributed by atoms with Gasteiger partial charge in [-0.15, -0.1) is 0 Å². The second-order valence-electron chi connectivity index (χ2n) is 6.10. The summed E-state index contributed by atoms with van der Waals surface area (Å²) >= 11 is 1.65. The molecule has 0 saturated carbocycles. The molecule has 0 aliphatic rings. The van der Waals surface area contributed by atoms with Crippen LogP contribution in [0.25, 0.3) is 21.1 Å². The minimum absolute atomic E-state index is 0.119. The molecule has 26 heavy (non-hydrogen) atoms. The molecule has 0 bridgehead atoms. The van der Waals surface area contributed by atoms with Gasteiger partial charge in [0.2, 0.25) is 0 Å². The second kappa shape index (κ2) is 7.85. The summed E-state index contributed by atoms with van der Waals surface area (Å²) in [6, 6.07) is 7.47. The lowest BCUT2D eigenvalue weighted by Crippen LogP contribution is -2.35. The first-order valence-electron chi connectivity index (χ1n) is 8.95. The summed E-state index contributed by atoms with van der Waals surface area (Å²) in [6.07, 6.45) is 0. The van der Waals surface area contributed by atoms with E-state index in [1.54, 1.807) is 17.4 Å². The fraction of sp³-hybridized carbons (Fsp3) is 0.421. The minimum Gasteiger partial charge on any atom is -0.347 e. The first kappa shape index (κ1) is 18.4. The van der Waals surface area contributed by atoms with Crippen molar-refractivity contribution in [2.75, 3.05) is 37.6 Å². The van der Waals surface area contributed by atoms with E-state index in [9.17, 15) is 4.79 Å². The van der Waals surface area contributed by atoms with E-state index in [1.807, 2.05) is 18.2 Å². The largest absolute Gasteiger partial charge is 0.347 e. The summed E-state index contributed by atoms with van der Waals surface area (Å²) < 4.78 is 1.06. The summed E-state index contributed by atoms with van der Waals surface area (Å²) in [6.45, 7) is 11.4. The lowest BCUT2D eigenvalue weighted by atomic mass is 10.1. The fourth-order valence-electron chi connectivity index (χ4n) is 3.07. The highest BCUT2D eigenvalue weighted by Crippen LogP contribution is 2.32. The number of fused-ring (bicyclic) bond motifs is 3. The Morgan fingerprint density at radius 2 is 1.96 bits per heavy atom. The van der Waals surface area contributed by atoms with Gasteiger partial charge < -0.3 is 14.8 Å². The SMILES string of the molecule is CCN(CC)CCN(CC)c1nc2c(ccc3[nH]c(=O)c(C#N)cc32)s1. The molecule has 0 fully saturated rings. The van der Waals surface area contributed by atoms with Crippen LogP contribution in [0.3, 0.4) is 0 Å². The molecule has 0 amide bonds. The number of aromatic nitrogens is 2. The Hall–Kier alpha value is -2.43. The van der Waals surface area contributed by atoms with Gasteiger partial charge in [-0.25, -0.2) is 4.98 Å². The Kier molecular flexibility index (Phi) is 5.55. The molecule has 2 aromatic heterocycles. The molecular formula is C19H23N5OS. The van der Waals surface area contributed by atoms with Crippen LogP contribution in [0.4, 0.5) is 5.13 Å². The van der Waals surface area contributed by atoms with Crippen molar-refractivity contribution in [3.63, 3.8) is 0 Å². The zero-order valence-corrected chi connectivity index (χ0v) is 16.2. The predicted molar refractivity (Wildman–Crippen MR) is 108 cm³/mol. The number of nitriles is 1. The predicted octanol–water partition coefficient (Wildman–Crippen LogP) is 3.18. The molecule has 6 nitrogen and oxygen atoms in total. The molecule has 0 radical (unpaired) electrons. The number of hydrogen-bond acceptors (Lipinski definition) is 6. The zero-order chi connectivity index (χ0) is 18.7. The molecule has 3 aromatic rings. The molecule has 7 heteroatoms. The number of nitrogens with one attached hydrogen (secondary N) is 1. The van der Waals surface area contributed by atoms with Crippen LogP contribution < -0.4 is 10.5 Å². The van der Waals surface area contributed by atoms with Gasteiger partial charge in [0.05, 0.1) is 15.7 Å². The Morgan fingerprint density at radius 3 is 2.62 bits per heavy atom. The number of hydrogen-bond donors (Lipinski definition) is 1. The summed E-state index contributed by atoms with van der Waals surface area (Å²) in [7, 11) is 0. The highest BCUT2D eigenvalue weighted by atomic mass is 32.1. The van der Waals surface area contributed by atoms with Crippen molar-refractivity contribution >= 4 is 37.6 Å². The Balaban J connectivity index is 2.01. The maximum atomic E-state index is 11.9. The highest BCUT2D eigenvalue weighted by molar-refractivity contribution is 7.22. The fourth-order valence-corrected chi connectivity index (χ4v) is 4.14. The summed E-state index contributed by atoms with van der Waals surface area (Å²) in [4.78, 5) is 24.2. The van der Waals surface area contributed by atoms with Gasteiger partial charge in [0.25, 0.3) is 5.56 Å². The number of H-pyrrole nitrogens is 1. The number of nitrogens with zero attached hydrogens (tertiary/aromatic N) is 4. The van der Waals surface area contributed by atoms with E-state index >= 15 is 0 Å². The normalized spacial score (nSPS) is 11.3. The molecule has 1 aromatic carbocycles. The topological polar surface area (TPSA) is 76.0 Å². The number of likely N-dealkylation sites (N-methyl/N-ethyl adjacent to an activating group) is 2. The second-order valence-corrected chi connectivity index (χ2v) is 7.11. The van der Waals surface area contributed by atoms with E-state index in [1.165, 1.54) is 0 Å². The van der Waals surface area contributed by atoms with Crippen molar-refractivity contribution in [2.24, 2.45) is 0 Å². The van der Waals surface area contributed by atoms with E-state index < -0.39 is 0 Å². The lowest BCUT2D eigenvalue weighted by molar-refractivity contribution is 0.310. The molecule has 0 saturated heterocycles. The zero-order valence-electron chi connectivity index (χ0n) is 15.4. The van der Waals surface area contributed by atoms with E-state index in [-0.39, 0.29) is 11.1 Å². The van der Waals surface area contributed by atoms with Gasteiger partial charge in [0, 0.05) is 25.0 Å². The van der Waals surface area contributed by atoms with Gasteiger partial charge in [-0.05, 0) is 38.2 Å². The molecular weight excluding hydrogens is 346 g/mol. The third kappa shape index (κ3) is 3.43. The minimum atomic E-state index is -0.357. The molecule has 136 valence electrons.